The van der Waals surface area contributed by atoms with Gasteiger partial charge in [0.25, 0.3) is 11.8 Å². The van der Waals surface area contributed by atoms with E-state index in [1.165, 1.54) is 12.3 Å². The zero-order valence-corrected chi connectivity index (χ0v) is 15.4. The number of rotatable bonds is 5. The number of hydrogen-bond donors (Lipinski definition) is 2. The maximum Gasteiger partial charge on any atom is 0.274 e. The predicted molar refractivity (Wildman–Crippen MR) is 106 cm³/mol. The van der Waals surface area contributed by atoms with Crippen LogP contribution in [-0.4, -0.2) is 16.8 Å². The molecule has 2 aromatic carbocycles. The van der Waals surface area contributed by atoms with Gasteiger partial charge in [0.2, 0.25) is 0 Å². The van der Waals surface area contributed by atoms with Crippen molar-refractivity contribution >= 4 is 29.1 Å². The summed E-state index contributed by atoms with van der Waals surface area (Å²) in [5.41, 5.74) is 2.07. The summed E-state index contributed by atoms with van der Waals surface area (Å²) in [5, 5.41) is 6.15. The fourth-order valence-corrected chi connectivity index (χ4v) is 2.75. The van der Waals surface area contributed by atoms with Crippen molar-refractivity contribution in [3.8, 4) is 0 Å². The number of benzene rings is 2. The highest BCUT2D eigenvalue weighted by atomic mass is 35.5. The highest BCUT2D eigenvalue weighted by Crippen LogP contribution is 2.16. The van der Waals surface area contributed by atoms with Crippen molar-refractivity contribution < 1.29 is 9.59 Å². The Labute approximate surface area is 162 Å². The van der Waals surface area contributed by atoms with Crippen LogP contribution in [0.5, 0.6) is 0 Å². The predicted octanol–water partition coefficient (Wildman–Crippen LogP) is 4.48. The fourth-order valence-electron chi connectivity index (χ4n) is 2.56. The average Bonchev–Trinajstić information content (AvgIpc) is 2.68. The Hall–Kier alpha value is -3.18. The third-order valence-corrected chi connectivity index (χ3v) is 4.22. The zero-order valence-electron chi connectivity index (χ0n) is 14.6. The van der Waals surface area contributed by atoms with Crippen LogP contribution in [0.4, 0.5) is 5.69 Å². The fraction of sp³-hybridized carbons (Fsp3) is 0.0952. The lowest BCUT2D eigenvalue weighted by molar-refractivity contribution is 0.0939. The highest BCUT2D eigenvalue weighted by molar-refractivity contribution is 6.30. The van der Waals surface area contributed by atoms with E-state index in [4.69, 9.17) is 11.6 Å². The van der Waals surface area contributed by atoms with Crippen molar-refractivity contribution in [2.75, 3.05) is 5.32 Å². The van der Waals surface area contributed by atoms with E-state index in [-0.39, 0.29) is 17.6 Å². The summed E-state index contributed by atoms with van der Waals surface area (Å²) in [6, 6.07) is 19.3. The Bertz CT molecular complexity index is 960. The van der Waals surface area contributed by atoms with E-state index in [9.17, 15) is 9.59 Å². The van der Waals surface area contributed by atoms with Crippen molar-refractivity contribution in [1.29, 1.82) is 0 Å². The Balaban J connectivity index is 1.71. The number of nitrogens with zero attached hydrogens (tertiary/aromatic N) is 1. The molecule has 5 nitrogen and oxygen atoms in total. The first-order valence-electron chi connectivity index (χ1n) is 8.42. The molecule has 1 atom stereocenters. The first-order valence-corrected chi connectivity index (χ1v) is 8.79. The Morgan fingerprint density at radius 1 is 0.963 bits per heavy atom. The summed E-state index contributed by atoms with van der Waals surface area (Å²) >= 11 is 5.92. The summed E-state index contributed by atoms with van der Waals surface area (Å²) < 4.78 is 0. The van der Waals surface area contributed by atoms with Crippen LogP contribution in [0.1, 0.15) is 39.4 Å². The van der Waals surface area contributed by atoms with E-state index < -0.39 is 5.91 Å². The lowest BCUT2D eigenvalue weighted by Gasteiger charge is -2.14. The molecule has 3 aromatic rings. The lowest BCUT2D eigenvalue weighted by Crippen LogP contribution is -2.27. The van der Waals surface area contributed by atoms with E-state index in [0.29, 0.717) is 16.3 Å². The molecule has 1 unspecified atom stereocenters. The van der Waals surface area contributed by atoms with Crippen LogP contribution in [0, 0.1) is 0 Å². The summed E-state index contributed by atoms with van der Waals surface area (Å²) in [7, 11) is 0. The molecule has 0 aliphatic carbocycles. The minimum atomic E-state index is -0.414. The number of aromatic nitrogens is 1. The maximum absolute atomic E-state index is 12.5. The van der Waals surface area contributed by atoms with Gasteiger partial charge in [0.15, 0.2) is 0 Å². The van der Waals surface area contributed by atoms with Gasteiger partial charge in [-0.25, -0.2) is 0 Å². The Morgan fingerprint density at radius 2 is 1.74 bits per heavy atom. The van der Waals surface area contributed by atoms with E-state index in [1.807, 2.05) is 37.3 Å². The molecule has 0 radical (unpaired) electrons. The lowest BCUT2D eigenvalue weighted by atomic mass is 10.1. The van der Waals surface area contributed by atoms with E-state index in [0.717, 1.165) is 5.56 Å². The molecule has 1 aromatic heterocycles. The van der Waals surface area contributed by atoms with Crippen LogP contribution in [-0.2, 0) is 0 Å². The quantitative estimate of drug-likeness (QED) is 0.686. The van der Waals surface area contributed by atoms with E-state index >= 15 is 0 Å². The number of halogens is 1. The molecule has 6 heteroatoms. The minimum absolute atomic E-state index is 0.148. The molecule has 0 bridgehead atoms. The van der Waals surface area contributed by atoms with Gasteiger partial charge in [-0.3, -0.25) is 14.6 Å². The van der Waals surface area contributed by atoms with Gasteiger partial charge >= 0.3 is 0 Å². The molecule has 0 fully saturated rings. The zero-order chi connectivity index (χ0) is 19.2. The normalized spacial score (nSPS) is 11.5. The average molecular weight is 380 g/mol. The molecule has 0 spiro atoms. The number of pyridine rings is 1. The smallest absolute Gasteiger partial charge is 0.274 e. The molecular weight excluding hydrogens is 362 g/mol. The van der Waals surface area contributed by atoms with Crippen LogP contribution >= 0.6 is 11.6 Å². The third kappa shape index (κ3) is 4.92. The van der Waals surface area contributed by atoms with Crippen LogP contribution < -0.4 is 10.6 Å². The van der Waals surface area contributed by atoms with Gasteiger partial charge in [-0.15, -0.1) is 0 Å². The molecule has 136 valence electrons. The Kier molecular flexibility index (Phi) is 5.84. The molecule has 27 heavy (non-hydrogen) atoms. The van der Waals surface area contributed by atoms with Gasteiger partial charge in [0.05, 0.1) is 6.04 Å². The standard InChI is InChI=1S/C21H18ClN3O2/c1-14(15-6-3-2-4-7-15)24-20(26)16-10-11-23-19(12-16)21(27)25-18-9-5-8-17(22)13-18/h2-14H,1H3,(H,24,26)(H,25,27). The SMILES string of the molecule is CC(NC(=O)c1ccnc(C(=O)Nc2cccc(Cl)c2)c1)c1ccccc1. The van der Waals surface area contributed by atoms with Gasteiger partial charge in [0.1, 0.15) is 5.69 Å². The van der Waals surface area contributed by atoms with Crippen molar-refractivity contribution in [3.63, 3.8) is 0 Å². The van der Waals surface area contributed by atoms with E-state index in [2.05, 4.69) is 15.6 Å². The number of carbonyl (C=O) groups is 2. The second kappa shape index (κ2) is 8.47. The van der Waals surface area contributed by atoms with E-state index in [1.54, 1.807) is 30.3 Å². The van der Waals surface area contributed by atoms with Crippen molar-refractivity contribution in [3.05, 3.63) is 94.8 Å². The summed E-state index contributed by atoms with van der Waals surface area (Å²) in [6.45, 7) is 1.90. The van der Waals surface area contributed by atoms with Crippen LogP contribution in [0.2, 0.25) is 5.02 Å². The number of nitrogens with one attached hydrogen (secondary N) is 2. The molecule has 0 aliphatic rings. The molecular formula is C21H18ClN3O2. The topological polar surface area (TPSA) is 71.1 Å². The molecule has 2 amide bonds. The van der Waals surface area contributed by atoms with Gasteiger partial charge in [-0.1, -0.05) is 48.0 Å². The second-order valence-electron chi connectivity index (χ2n) is 6.00. The maximum atomic E-state index is 12.5. The van der Waals surface area contributed by atoms with Crippen molar-refractivity contribution in [2.24, 2.45) is 0 Å². The molecule has 0 saturated heterocycles. The molecule has 0 saturated carbocycles. The van der Waals surface area contributed by atoms with Crippen LogP contribution in [0.3, 0.4) is 0 Å². The van der Waals surface area contributed by atoms with Crippen LogP contribution in [0.15, 0.2) is 72.9 Å². The highest BCUT2D eigenvalue weighted by Gasteiger charge is 2.14. The minimum Gasteiger partial charge on any atom is -0.346 e. The van der Waals surface area contributed by atoms with Crippen molar-refractivity contribution in [1.82, 2.24) is 10.3 Å². The molecule has 3 rings (SSSR count). The third-order valence-electron chi connectivity index (χ3n) is 3.98. The molecule has 2 N–H and O–H groups in total. The monoisotopic (exact) mass is 379 g/mol. The van der Waals surface area contributed by atoms with Gasteiger partial charge in [-0.2, -0.15) is 0 Å². The van der Waals surface area contributed by atoms with Crippen molar-refractivity contribution in [2.45, 2.75) is 13.0 Å². The summed E-state index contributed by atoms with van der Waals surface area (Å²) in [4.78, 5) is 29.0. The molecule has 1 heterocycles. The summed E-state index contributed by atoms with van der Waals surface area (Å²) in [6.07, 6.45) is 1.44. The number of hydrogen-bond acceptors (Lipinski definition) is 3. The number of anilines is 1. The first kappa shape index (κ1) is 18.6. The number of carbonyl (C=O) groups excluding carboxylic acids is 2. The number of amides is 2. The van der Waals surface area contributed by atoms with Gasteiger partial charge in [0, 0.05) is 22.5 Å². The first-order chi connectivity index (χ1) is 13.0. The van der Waals surface area contributed by atoms with Crippen LogP contribution in [0.25, 0.3) is 0 Å². The Morgan fingerprint density at radius 3 is 2.48 bits per heavy atom. The second-order valence-corrected chi connectivity index (χ2v) is 6.44. The summed E-state index contributed by atoms with van der Waals surface area (Å²) in [5.74, 6) is -0.686. The molecule has 0 aliphatic heterocycles. The van der Waals surface area contributed by atoms with Gasteiger partial charge in [-0.05, 0) is 42.8 Å². The van der Waals surface area contributed by atoms with Gasteiger partial charge < -0.3 is 10.6 Å². The largest absolute Gasteiger partial charge is 0.346 e.